The van der Waals surface area contributed by atoms with Gasteiger partial charge >= 0.3 is 0 Å². The van der Waals surface area contributed by atoms with Gasteiger partial charge in [0.15, 0.2) is 0 Å². The van der Waals surface area contributed by atoms with Gasteiger partial charge in [-0.3, -0.25) is 0 Å². The minimum atomic E-state index is 0.485. The summed E-state index contributed by atoms with van der Waals surface area (Å²) in [6, 6.07) is 7.55. The predicted molar refractivity (Wildman–Crippen MR) is 62.7 cm³/mol. The van der Waals surface area contributed by atoms with E-state index in [1.54, 1.807) is 19.5 Å². The quantitative estimate of drug-likeness (QED) is 0.818. The number of nitrogens with two attached hydrogens (primary N) is 1. The Hall–Kier alpha value is -2.30. The Labute approximate surface area is 93.3 Å². The van der Waals surface area contributed by atoms with Crippen LogP contribution in [0.25, 0.3) is 0 Å². The third-order valence-corrected chi connectivity index (χ3v) is 2.03. The third kappa shape index (κ3) is 2.20. The number of benzene rings is 1. The number of methoxy groups -OCH3 is 1. The molecular weight excluding hydrogens is 204 g/mol. The minimum absolute atomic E-state index is 0.485. The number of hydrogen-bond donors (Lipinski definition) is 2. The van der Waals surface area contributed by atoms with Crippen LogP contribution in [-0.2, 0) is 0 Å². The zero-order valence-electron chi connectivity index (χ0n) is 8.84. The summed E-state index contributed by atoms with van der Waals surface area (Å²) >= 11 is 0. The summed E-state index contributed by atoms with van der Waals surface area (Å²) in [5, 5.41) is 3.05. The van der Waals surface area contributed by atoms with Crippen molar-refractivity contribution in [1.29, 1.82) is 0 Å². The first-order chi connectivity index (χ1) is 7.79. The highest BCUT2D eigenvalue weighted by Crippen LogP contribution is 2.25. The Morgan fingerprint density at radius 3 is 2.56 bits per heavy atom. The van der Waals surface area contributed by atoms with Crippen molar-refractivity contribution in [3.05, 3.63) is 36.7 Å². The van der Waals surface area contributed by atoms with Crippen LogP contribution < -0.4 is 15.8 Å². The molecule has 0 amide bonds. The van der Waals surface area contributed by atoms with Gasteiger partial charge < -0.3 is 15.8 Å². The number of ether oxygens (including phenoxy) is 1. The molecule has 2 rings (SSSR count). The lowest BCUT2D eigenvalue weighted by Crippen LogP contribution is -1.99. The summed E-state index contributed by atoms with van der Waals surface area (Å²) in [6.07, 6.45) is 3.09. The minimum Gasteiger partial charge on any atom is -0.495 e. The summed E-state index contributed by atoms with van der Waals surface area (Å²) in [5.74, 6) is 1.22. The van der Waals surface area contributed by atoms with Crippen molar-refractivity contribution < 1.29 is 4.74 Å². The van der Waals surface area contributed by atoms with Crippen LogP contribution in [0.5, 0.6) is 5.75 Å². The highest BCUT2D eigenvalue weighted by Gasteiger charge is 2.02. The number of nitrogens with zero attached hydrogens (tertiary/aromatic N) is 2. The van der Waals surface area contributed by atoms with E-state index in [0.29, 0.717) is 11.6 Å². The standard InChI is InChI=1S/C11H12N4O/c1-16-10-5-3-2-4-9(10)15-11-13-6-8(12)7-14-11/h2-7H,12H2,1H3,(H,13,14,15). The molecule has 0 saturated carbocycles. The molecule has 0 unspecified atom stereocenters. The van der Waals surface area contributed by atoms with Crippen LogP contribution >= 0.6 is 0 Å². The van der Waals surface area contributed by atoms with Crippen LogP contribution in [0.15, 0.2) is 36.7 Å². The van der Waals surface area contributed by atoms with E-state index in [4.69, 9.17) is 10.5 Å². The zero-order chi connectivity index (χ0) is 11.4. The summed E-state index contributed by atoms with van der Waals surface area (Å²) < 4.78 is 5.20. The molecule has 0 fully saturated rings. The number of rotatable bonds is 3. The van der Waals surface area contributed by atoms with Crippen molar-refractivity contribution in [3.8, 4) is 5.75 Å². The third-order valence-electron chi connectivity index (χ3n) is 2.03. The van der Waals surface area contributed by atoms with Crippen molar-refractivity contribution in [2.75, 3.05) is 18.2 Å². The molecule has 1 aromatic carbocycles. The lowest BCUT2D eigenvalue weighted by molar-refractivity contribution is 0.417. The molecule has 5 nitrogen and oxygen atoms in total. The largest absolute Gasteiger partial charge is 0.495 e. The lowest BCUT2D eigenvalue weighted by Gasteiger charge is -2.09. The molecule has 0 aliphatic heterocycles. The number of hydrogen-bond acceptors (Lipinski definition) is 5. The fourth-order valence-corrected chi connectivity index (χ4v) is 1.27. The molecule has 0 atom stereocenters. The molecule has 0 aliphatic rings. The van der Waals surface area contributed by atoms with E-state index in [1.165, 1.54) is 0 Å². The maximum atomic E-state index is 5.50. The maximum Gasteiger partial charge on any atom is 0.227 e. The van der Waals surface area contributed by atoms with Gasteiger partial charge in [0.05, 0.1) is 30.9 Å². The average molecular weight is 216 g/mol. The summed E-state index contributed by atoms with van der Waals surface area (Å²) in [5.41, 5.74) is 6.85. The number of aromatic nitrogens is 2. The molecule has 1 aromatic heterocycles. The SMILES string of the molecule is COc1ccccc1Nc1ncc(N)cn1. The smallest absolute Gasteiger partial charge is 0.227 e. The summed E-state index contributed by atoms with van der Waals surface area (Å²) in [7, 11) is 1.62. The highest BCUT2D eigenvalue weighted by molar-refractivity contribution is 5.62. The van der Waals surface area contributed by atoms with Crippen molar-refractivity contribution in [3.63, 3.8) is 0 Å². The van der Waals surface area contributed by atoms with Gasteiger partial charge in [-0.1, -0.05) is 12.1 Å². The Bertz CT molecular complexity index is 470. The van der Waals surface area contributed by atoms with Crippen LogP contribution in [0.2, 0.25) is 0 Å². The zero-order valence-corrected chi connectivity index (χ0v) is 8.84. The van der Waals surface area contributed by atoms with Gasteiger partial charge in [0.2, 0.25) is 5.95 Å². The monoisotopic (exact) mass is 216 g/mol. The number of nitrogens with one attached hydrogen (secondary N) is 1. The van der Waals surface area contributed by atoms with Crippen molar-refractivity contribution in [1.82, 2.24) is 9.97 Å². The van der Waals surface area contributed by atoms with E-state index in [2.05, 4.69) is 15.3 Å². The number of para-hydroxylation sites is 2. The molecule has 5 heteroatoms. The first-order valence-corrected chi connectivity index (χ1v) is 4.77. The van der Waals surface area contributed by atoms with E-state index < -0.39 is 0 Å². The molecule has 2 aromatic rings. The van der Waals surface area contributed by atoms with Gasteiger partial charge in [-0.2, -0.15) is 0 Å². The van der Waals surface area contributed by atoms with Gasteiger partial charge in [0, 0.05) is 0 Å². The Kier molecular flexibility index (Phi) is 2.86. The summed E-state index contributed by atoms with van der Waals surface area (Å²) in [4.78, 5) is 8.09. The van der Waals surface area contributed by atoms with Gasteiger partial charge in [-0.05, 0) is 12.1 Å². The van der Waals surface area contributed by atoms with Crippen LogP contribution in [0.1, 0.15) is 0 Å². The van der Waals surface area contributed by atoms with E-state index in [0.717, 1.165) is 11.4 Å². The number of nitrogen functional groups attached to an aromatic ring is 1. The summed E-state index contributed by atoms with van der Waals surface area (Å²) in [6.45, 7) is 0. The molecule has 0 aliphatic carbocycles. The van der Waals surface area contributed by atoms with Crippen LogP contribution in [0.4, 0.5) is 17.3 Å². The van der Waals surface area contributed by atoms with Crippen LogP contribution in [0.3, 0.4) is 0 Å². The second kappa shape index (κ2) is 4.48. The van der Waals surface area contributed by atoms with E-state index in [1.807, 2.05) is 24.3 Å². The first-order valence-electron chi connectivity index (χ1n) is 4.77. The van der Waals surface area contributed by atoms with Crippen molar-refractivity contribution >= 4 is 17.3 Å². The second-order valence-corrected chi connectivity index (χ2v) is 3.17. The predicted octanol–water partition coefficient (Wildman–Crippen LogP) is 1.81. The highest BCUT2D eigenvalue weighted by atomic mass is 16.5. The normalized spacial score (nSPS) is 9.81. The second-order valence-electron chi connectivity index (χ2n) is 3.17. The number of anilines is 3. The molecule has 0 spiro atoms. The molecule has 1 heterocycles. The molecule has 3 N–H and O–H groups in total. The fraction of sp³-hybridized carbons (Fsp3) is 0.0909. The van der Waals surface area contributed by atoms with Crippen LogP contribution in [-0.4, -0.2) is 17.1 Å². The van der Waals surface area contributed by atoms with E-state index in [9.17, 15) is 0 Å². The first kappa shape index (κ1) is 10.2. The molecule has 0 bridgehead atoms. The van der Waals surface area contributed by atoms with Gasteiger partial charge in [-0.15, -0.1) is 0 Å². The molecule has 16 heavy (non-hydrogen) atoms. The molecule has 0 saturated heterocycles. The van der Waals surface area contributed by atoms with E-state index >= 15 is 0 Å². The van der Waals surface area contributed by atoms with Crippen molar-refractivity contribution in [2.24, 2.45) is 0 Å². The maximum absolute atomic E-state index is 5.50. The van der Waals surface area contributed by atoms with Gasteiger partial charge in [0.25, 0.3) is 0 Å². The Balaban J connectivity index is 2.23. The van der Waals surface area contributed by atoms with Crippen LogP contribution in [0, 0.1) is 0 Å². The lowest BCUT2D eigenvalue weighted by atomic mass is 10.3. The molecular formula is C11H12N4O. The topological polar surface area (TPSA) is 73.1 Å². The van der Waals surface area contributed by atoms with Gasteiger partial charge in [0.1, 0.15) is 5.75 Å². The average Bonchev–Trinajstić information content (AvgIpc) is 2.33. The van der Waals surface area contributed by atoms with Gasteiger partial charge in [-0.25, -0.2) is 9.97 Å². The molecule has 82 valence electrons. The Morgan fingerprint density at radius 2 is 1.88 bits per heavy atom. The van der Waals surface area contributed by atoms with Crippen molar-refractivity contribution in [2.45, 2.75) is 0 Å². The Morgan fingerprint density at radius 1 is 1.19 bits per heavy atom. The molecule has 0 radical (unpaired) electrons. The fourth-order valence-electron chi connectivity index (χ4n) is 1.27. The van der Waals surface area contributed by atoms with E-state index in [-0.39, 0.29) is 0 Å².